The van der Waals surface area contributed by atoms with E-state index in [-0.39, 0.29) is 12.5 Å². The van der Waals surface area contributed by atoms with E-state index in [1.807, 2.05) is 6.07 Å². The van der Waals surface area contributed by atoms with Crippen molar-refractivity contribution < 1.29 is 14.3 Å². The van der Waals surface area contributed by atoms with E-state index in [4.69, 9.17) is 32.7 Å². The van der Waals surface area contributed by atoms with Crippen LogP contribution in [0.5, 0.6) is 11.5 Å². The number of nitrogens with zero attached hydrogens (tertiary/aromatic N) is 2. The average molecular weight is 556 g/mol. The third-order valence-electron chi connectivity index (χ3n) is 4.00. The zero-order valence-electron chi connectivity index (χ0n) is 15.7. The van der Waals surface area contributed by atoms with Gasteiger partial charge in [0.05, 0.1) is 16.9 Å². The molecule has 0 saturated carbocycles. The first-order chi connectivity index (χ1) is 14.5. The first kappa shape index (κ1) is 22.3. The van der Waals surface area contributed by atoms with Crippen LogP contribution in [0.25, 0.3) is 0 Å². The van der Waals surface area contributed by atoms with Crippen LogP contribution in [0.3, 0.4) is 0 Å². The Hall–Kier alpha value is -2.36. The number of aromatic nitrogens is 1. The van der Waals surface area contributed by atoms with E-state index in [2.05, 4.69) is 38.1 Å². The van der Waals surface area contributed by atoms with Gasteiger partial charge < -0.3 is 9.47 Å². The highest BCUT2D eigenvalue weighted by molar-refractivity contribution is 14.1. The summed E-state index contributed by atoms with van der Waals surface area (Å²) in [5.41, 5.74) is 4.37. The molecule has 0 aliphatic rings. The van der Waals surface area contributed by atoms with Gasteiger partial charge in [-0.15, -0.1) is 0 Å². The minimum absolute atomic E-state index is 0.195. The van der Waals surface area contributed by atoms with Gasteiger partial charge in [-0.2, -0.15) is 5.10 Å². The van der Waals surface area contributed by atoms with Crippen molar-refractivity contribution in [3.05, 3.63) is 85.2 Å². The molecular formula is C21H16Cl2IN3O3. The summed E-state index contributed by atoms with van der Waals surface area (Å²) < 4.78 is 12.2. The molecule has 2 aromatic carbocycles. The number of carbonyl (C=O) groups excluding carboxylic acids is 1. The number of hydrogen-bond acceptors (Lipinski definition) is 5. The van der Waals surface area contributed by atoms with Gasteiger partial charge in [0, 0.05) is 33.6 Å². The number of rotatable bonds is 7. The average Bonchev–Trinajstić information content (AvgIpc) is 2.74. The summed E-state index contributed by atoms with van der Waals surface area (Å²) in [6, 6.07) is 12.1. The number of halogens is 3. The molecule has 0 spiro atoms. The summed E-state index contributed by atoms with van der Waals surface area (Å²) >= 11 is 14.6. The Balaban J connectivity index is 1.73. The molecule has 0 unspecified atom stereocenters. The molecule has 6 nitrogen and oxygen atoms in total. The number of benzene rings is 2. The van der Waals surface area contributed by atoms with Gasteiger partial charge in [0.2, 0.25) is 0 Å². The van der Waals surface area contributed by atoms with Crippen molar-refractivity contribution >= 4 is 57.9 Å². The van der Waals surface area contributed by atoms with Crippen LogP contribution in [-0.2, 0) is 6.61 Å². The number of amides is 1. The number of carbonyl (C=O) groups is 1. The maximum absolute atomic E-state index is 12.0. The van der Waals surface area contributed by atoms with Crippen LogP contribution in [0.4, 0.5) is 0 Å². The van der Waals surface area contributed by atoms with E-state index in [0.717, 1.165) is 9.13 Å². The maximum Gasteiger partial charge on any atom is 0.271 e. The molecule has 154 valence electrons. The summed E-state index contributed by atoms with van der Waals surface area (Å²) in [4.78, 5) is 15.9. The van der Waals surface area contributed by atoms with E-state index in [1.165, 1.54) is 6.21 Å². The van der Waals surface area contributed by atoms with Gasteiger partial charge in [-0.1, -0.05) is 29.3 Å². The minimum Gasteiger partial charge on any atom is -0.493 e. The predicted molar refractivity (Wildman–Crippen MR) is 126 cm³/mol. The second-order valence-corrected chi connectivity index (χ2v) is 7.93. The Morgan fingerprint density at radius 2 is 1.90 bits per heavy atom. The first-order valence-electron chi connectivity index (χ1n) is 8.66. The number of hydrogen-bond donors (Lipinski definition) is 1. The third kappa shape index (κ3) is 5.62. The molecule has 1 heterocycles. The van der Waals surface area contributed by atoms with Crippen LogP contribution in [0.1, 0.15) is 21.5 Å². The topological polar surface area (TPSA) is 72.8 Å². The smallest absolute Gasteiger partial charge is 0.271 e. The number of nitrogens with one attached hydrogen (secondary N) is 1. The lowest BCUT2D eigenvalue weighted by Crippen LogP contribution is -2.17. The van der Waals surface area contributed by atoms with Crippen LogP contribution >= 0.6 is 45.8 Å². The fraction of sp³-hybridized carbons (Fsp3) is 0.0952. The molecular weight excluding hydrogens is 540 g/mol. The normalized spacial score (nSPS) is 10.8. The highest BCUT2D eigenvalue weighted by Gasteiger charge is 2.14. The summed E-state index contributed by atoms with van der Waals surface area (Å²) in [7, 11) is 1.55. The van der Waals surface area contributed by atoms with Crippen molar-refractivity contribution in [1.82, 2.24) is 10.4 Å². The fourth-order valence-electron chi connectivity index (χ4n) is 2.50. The molecule has 0 radical (unpaired) electrons. The van der Waals surface area contributed by atoms with Crippen molar-refractivity contribution in [2.24, 2.45) is 5.10 Å². The molecule has 0 bridgehead atoms. The maximum atomic E-state index is 12.0. The highest BCUT2D eigenvalue weighted by atomic mass is 127. The first-order valence-corrected chi connectivity index (χ1v) is 10.5. The van der Waals surface area contributed by atoms with Crippen molar-refractivity contribution in [2.75, 3.05) is 7.11 Å². The van der Waals surface area contributed by atoms with Gasteiger partial charge >= 0.3 is 0 Å². The molecule has 0 saturated heterocycles. The molecule has 3 aromatic rings. The molecule has 9 heteroatoms. The zero-order chi connectivity index (χ0) is 21.5. The van der Waals surface area contributed by atoms with Crippen molar-refractivity contribution in [3.8, 4) is 11.5 Å². The van der Waals surface area contributed by atoms with Gasteiger partial charge in [0.25, 0.3) is 5.91 Å². The van der Waals surface area contributed by atoms with E-state index in [0.29, 0.717) is 32.7 Å². The summed E-state index contributed by atoms with van der Waals surface area (Å²) in [5.74, 6) is 0.755. The van der Waals surface area contributed by atoms with Gasteiger partial charge in [0.15, 0.2) is 11.5 Å². The van der Waals surface area contributed by atoms with Crippen molar-refractivity contribution in [1.29, 1.82) is 0 Å². The third-order valence-corrected chi connectivity index (χ3v) is 5.51. The second-order valence-electron chi connectivity index (χ2n) is 5.96. The van der Waals surface area contributed by atoms with Crippen LogP contribution in [-0.4, -0.2) is 24.2 Å². The van der Waals surface area contributed by atoms with E-state index in [9.17, 15) is 4.79 Å². The largest absolute Gasteiger partial charge is 0.493 e. The predicted octanol–water partition coefficient (Wildman–Crippen LogP) is 5.34. The number of hydrazone groups is 1. The van der Waals surface area contributed by atoms with Gasteiger partial charge in [-0.3, -0.25) is 9.78 Å². The van der Waals surface area contributed by atoms with Gasteiger partial charge in [0.1, 0.15) is 6.61 Å². The molecule has 1 aromatic heterocycles. The van der Waals surface area contributed by atoms with Crippen molar-refractivity contribution in [2.45, 2.75) is 6.61 Å². The number of pyridine rings is 1. The van der Waals surface area contributed by atoms with Crippen LogP contribution in [0.15, 0.2) is 60.0 Å². The summed E-state index contributed by atoms with van der Waals surface area (Å²) in [6.45, 7) is 0.195. The lowest BCUT2D eigenvalue weighted by Gasteiger charge is -2.15. The molecule has 30 heavy (non-hydrogen) atoms. The molecule has 1 N–H and O–H groups in total. The summed E-state index contributed by atoms with van der Waals surface area (Å²) in [6.07, 6.45) is 4.61. The Labute approximate surface area is 197 Å². The van der Waals surface area contributed by atoms with Crippen LogP contribution in [0, 0.1) is 3.57 Å². The lowest BCUT2D eigenvalue weighted by molar-refractivity contribution is 0.0955. The van der Waals surface area contributed by atoms with E-state index in [1.54, 1.807) is 55.9 Å². The molecule has 3 rings (SSSR count). The zero-order valence-corrected chi connectivity index (χ0v) is 19.4. The van der Waals surface area contributed by atoms with Crippen molar-refractivity contribution in [3.63, 3.8) is 0 Å². The van der Waals surface area contributed by atoms with Crippen LogP contribution < -0.4 is 14.9 Å². The monoisotopic (exact) mass is 555 g/mol. The molecule has 1 amide bonds. The fourth-order valence-corrected chi connectivity index (χ4v) is 3.79. The molecule has 0 aliphatic heterocycles. The van der Waals surface area contributed by atoms with Crippen LogP contribution in [0.2, 0.25) is 10.0 Å². The quantitative estimate of drug-likeness (QED) is 0.242. The van der Waals surface area contributed by atoms with E-state index < -0.39 is 0 Å². The Morgan fingerprint density at radius 1 is 1.20 bits per heavy atom. The number of methoxy groups -OCH3 is 1. The highest BCUT2D eigenvalue weighted by Crippen LogP contribution is 2.35. The molecule has 0 fully saturated rings. The van der Waals surface area contributed by atoms with Gasteiger partial charge in [-0.05, 0) is 64.6 Å². The SMILES string of the molecule is COc1cc(/C=N\NC(=O)c2ccncc2)cc(I)c1OCc1c(Cl)cccc1Cl. The van der Waals surface area contributed by atoms with Gasteiger partial charge in [-0.25, -0.2) is 5.43 Å². The Bertz CT molecular complexity index is 1060. The lowest BCUT2D eigenvalue weighted by atomic mass is 10.2. The second kappa shape index (κ2) is 10.6. The standard InChI is InChI=1S/C21H16Cl2IN3O3/c1-29-19-10-13(11-26-27-21(28)14-5-7-25-8-6-14)9-18(24)20(19)30-12-15-16(22)3-2-4-17(15)23/h2-11H,12H2,1H3,(H,27,28)/b26-11-. The Kier molecular flexibility index (Phi) is 7.89. The summed E-state index contributed by atoms with van der Waals surface area (Å²) in [5, 5.41) is 5.07. The molecule has 0 aliphatic carbocycles. The molecule has 0 atom stereocenters. The minimum atomic E-state index is -0.327. The Morgan fingerprint density at radius 3 is 2.57 bits per heavy atom. The van der Waals surface area contributed by atoms with E-state index >= 15 is 0 Å². The number of ether oxygens (including phenoxy) is 2.